The number of rotatable bonds is 8. The summed E-state index contributed by atoms with van der Waals surface area (Å²) in [5.41, 5.74) is 3.12. The van der Waals surface area contributed by atoms with Crippen LogP contribution in [0.1, 0.15) is 47.6 Å². The van der Waals surface area contributed by atoms with Gasteiger partial charge in [-0.05, 0) is 49.9 Å². The Labute approximate surface area is 182 Å². The minimum Gasteiger partial charge on any atom is -0.459 e. The summed E-state index contributed by atoms with van der Waals surface area (Å²) in [6, 6.07) is 14.1. The third-order valence-corrected chi connectivity index (χ3v) is 4.76. The van der Waals surface area contributed by atoms with Crippen molar-refractivity contribution < 1.29 is 14.3 Å². The lowest BCUT2D eigenvalue weighted by molar-refractivity contribution is -0.147. The fraction of sp³-hybridized carbons (Fsp3) is 0.333. The molecule has 0 aliphatic heterocycles. The van der Waals surface area contributed by atoms with Crippen molar-refractivity contribution in [2.75, 3.05) is 0 Å². The van der Waals surface area contributed by atoms with Gasteiger partial charge in [0.15, 0.2) is 5.82 Å². The molecule has 7 nitrogen and oxygen atoms in total. The lowest BCUT2D eigenvalue weighted by Crippen LogP contribution is -2.42. The number of nitrogens with one attached hydrogen (secondary N) is 1. The van der Waals surface area contributed by atoms with E-state index < -0.39 is 12.0 Å². The lowest BCUT2D eigenvalue weighted by atomic mass is 10.0. The van der Waals surface area contributed by atoms with Gasteiger partial charge in [0, 0.05) is 11.9 Å². The predicted octanol–water partition coefficient (Wildman–Crippen LogP) is 3.77. The van der Waals surface area contributed by atoms with Crippen molar-refractivity contribution in [2.24, 2.45) is 5.92 Å². The fourth-order valence-electron chi connectivity index (χ4n) is 3.26. The zero-order valence-corrected chi connectivity index (χ0v) is 18.3. The van der Waals surface area contributed by atoms with Crippen molar-refractivity contribution >= 4 is 11.9 Å². The highest BCUT2D eigenvalue weighted by atomic mass is 16.5. The van der Waals surface area contributed by atoms with E-state index in [1.807, 2.05) is 64.1 Å². The maximum atomic E-state index is 12.8. The topological polar surface area (TPSA) is 86.1 Å². The van der Waals surface area contributed by atoms with E-state index in [2.05, 4.69) is 15.4 Å². The number of carbonyl (C=O) groups excluding carboxylic acids is 2. The molecule has 1 aromatic carbocycles. The smallest absolute Gasteiger partial charge is 0.328 e. The highest BCUT2D eigenvalue weighted by Crippen LogP contribution is 2.12. The van der Waals surface area contributed by atoms with Crippen molar-refractivity contribution in [1.29, 1.82) is 0 Å². The molecular weight excluding hydrogens is 392 g/mol. The maximum absolute atomic E-state index is 12.8. The van der Waals surface area contributed by atoms with Gasteiger partial charge in [-0.15, -0.1) is 0 Å². The van der Waals surface area contributed by atoms with Crippen LogP contribution in [0.3, 0.4) is 0 Å². The Hall–Kier alpha value is -3.48. The van der Waals surface area contributed by atoms with Crippen LogP contribution in [0.2, 0.25) is 0 Å². The van der Waals surface area contributed by atoms with Gasteiger partial charge in [-0.25, -0.2) is 14.5 Å². The van der Waals surface area contributed by atoms with Crippen LogP contribution < -0.4 is 5.32 Å². The van der Waals surface area contributed by atoms with Gasteiger partial charge in [-0.1, -0.05) is 44.2 Å². The number of aromatic nitrogens is 3. The molecule has 2 heterocycles. The van der Waals surface area contributed by atoms with Crippen LogP contribution in [0.4, 0.5) is 0 Å². The molecule has 0 bridgehead atoms. The summed E-state index contributed by atoms with van der Waals surface area (Å²) < 4.78 is 7.16. The maximum Gasteiger partial charge on any atom is 0.328 e. The number of carbonyl (C=O) groups is 2. The minimum atomic E-state index is -0.730. The summed E-state index contributed by atoms with van der Waals surface area (Å²) >= 11 is 0. The van der Waals surface area contributed by atoms with E-state index in [4.69, 9.17) is 4.74 Å². The minimum absolute atomic E-state index is 0.170. The Kier molecular flexibility index (Phi) is 7.18. The van der Waals surface area contributed by atoms with Gasteiger partial charge in [0.2, 0.25) is 0 Å². The third kappa shape index (κ3) is 6.01. The first kappa shape index (κ1) is 22.2. The van der Waals surface area contributed by atoms with Crippen LogP contribution in [-0.4, -0.2) is 32.7 Å². The highest BCUT2D eigenvalue weighted by Gasteiger charge is 2.24. The molecule has 3 rings (SSSR count). The standard InChI is InChI=1S/C24H28N4O3/c1-16(2)12-21(24(30)31-15-19-8-6-5-7-9-19)26-23(29)20-10-11-22(25-14-20)28-18(4)13-17(3)27-28/h5-11,13-14,16,21H,12,15H2,1-4H3,(H,26,29)/t21-/m0/s1. The van der Waals surface area contributed by atoms with Gasteiger partial charge in [0.1, 0.15) is 12.6 Å². The van der Waals surface area contributed by atoms with E-state index in [1.165, 1.54) is 6.20 Å². The van der Waals surface area contributed by atoms with E-state index in [-0.39, 0.29) is 18.4 Å². The van der Waals surface area contributed by atoms with Gasteiger partial charge < -0.3 is 10.1 Å². The van der Waals surface area contributed by atoms with E-state index in [9.17, 15) is 9.59 Å². The first-order valence-electron chi connectivity index (χ1n) is 10.3. The van der Waals surface area contributed by atoms with Crippen LogP contribution in [-0.2, 0) is 16.1 Å². The van der Waals surface area contributed by atoms with E-state index in [0.29, 0.717) is 17.8 Å². The van der Waals surface area contributed by atoms with Crippen LogP contribution in [0, 0.1) is 19.8 Å². The molecular formula is C24H28N4O3. The molecule has 0 fully saturated rings. The second-order valence-corrected chi connectivity index (χ2v) is 7.99. The summed E-state index contributed by atoms with van der Waals surface area (Å²) in [7, 11) is 0. The number of nitrogens with zero attached hydrogens (tertiary/aromatic N) is 3. The van der Waals surface area contributed by atoms with Crippen LogP contribution in [0.5, 0.6) is 0 Å². The van der Waals surface area contributed by atoms with Gasteiger partial charge in [-0.2, -0.15) is 5.10 Å². The number of aryl methyl sites for hydroxylation is 2. The van der Waals surface area contributed by atoms with Crippen molar-refractivity contribution in [2.45, 2.75) is 46.8 Å². The molecule has 1 amide bonds. The highest BCUT2D eigenvalue weighted by molar-refractivity contribution is 5.96. The molecule has 31 heavy (non-hydrogen) atoms. The summed E-state index contributed by atoms with van der Waals surface area (Å²) in [5, 5.41) is 7.20. The summed E-state index contributed by atoms with van der Waals surface area (Å²) in [4.78, 5) is 29.7. The first-order chi connectivity index (χ1) is 14.8. The summed E-state index contributed by atoms with van der Waals surface area (Å²) in [6.07, 6.45) is 1.97. The molecule has 3 aromatic rings. The second kappa shape index (κ2) is 10.0. The predicted molar refractivity (Wildman–Crippen MR) is 118 cm³/mol. The zero-order valence-electron chi connectivity index (χ0n) is 18.3. The Bertz CT molecular complexity index is 1030. The number of hydrogen-bond donors (Lipinski definition) is 1. The number of amides is 1. The number of hydrogen-bond acceptors (Lipinski definition) is 5. The van der Waals surface area contributed by atoms with Gasteiger partial charge >= 0.3 is 5.97 Å². The first-order valence-corrected chi connectivity index (χ1v) is 10.3. The molecule has 1 N–H and O–H groups in total. The van der Waals surface area contributed by atoms with E-state index >= 15 is 0 Å². The lowest BCUT2D eigenvalue weighted by Gasteiger charge is -2.19. The Balaban J connectivity index is 1.66. The van der Waals surface area contributed by atoms with Gasteiger partial charge in [0.05, 0.1) is 11.3 Å². The van der Waals surface area contributed by atoms with Crippen molar-refractivity contribution in [3.05, 3.63) is 77.2 Å². The van der Waals surface area contributed by atoms with Crippen LogP contribution in [0.25, 0.3) is 5.82 Å². The average Bonchev–Trinajstić information content (AvgIpc) is 3.10. The molecule has 0 unspecified atom stereocenters. The third-order valence-electron chi connectivity index (χ3n) is 4.76. The van der Waals surface area contributed by atoms with Gasteiger partial charge in [-0.3, -0.25) is 4.79 Å². The Morgan fingerprint density at radius 3 is 2.42 bits per heavy atom. The van der Waals surface area contributed by atoms with Crippen molar-refractivity contribution in [3.63, 3.8) is 0 Å². The van der Waals surface area contributed by atoms with Crippen molar-refractivity contribution in [1.82, 2.24) is 20.1 Å². The van der Waals surface area contributed by atoms with Crippen LogP contribution >= 0.6 is 0 Å². The Morgan fingerprint density at radius 1 is 1.10 bits per heavy atom. The zero-order chi connectivity index (χ0) is 22.4. The molecule has 0 radical (unpaired) electrons. The largest absolute Gasteiger partial charge is 0.459 e. The number of benzene rings is 1. The summed E-state index contributed by atoms with van der Waals surface area (Å²) in [5.74, 6) is 0.0251. The number of pyridine rings is 1. The molecule has 1 atom stereocenters. The molecule has 162 valence electrons. The van der Waals surface area contributed by atoms with Crippen molar-refractivity contribution in [3.8, 4) is 5.82 Å². The fourth-order valence-corrected chi connectivity index (χ4v) is 3.26. The molecule has 0 saturated heterocycles. The van der Waals surface area contributed by atoms with Gasteiger partial charge in [0.25, 0.3) is 5.91 Å². The average molecular weight is 421 g/mol. The monoisotopic (exact) mass is 420 g/mol. The normalized spacial score (nSPS) is 11.9. The van der Waals surface area contributed by atoms with E-state index in [0.717, 1.165) is 17.0 Å². The molecule has 7 heteroatoms. The van der Waals surface area contributed by atoms with Crippen LogP contribution in [0.15, 0.2) is 54.7 Å². The molecule has 0 spiro atoms. The number of ether oxygens (including phenoxy) is 1. The molecule has 2 aromatic heterocycles. The molecule has 0 aliphatic rings. The number of esters is 1. The van der Waals surface area contributed by atoms with E-state index in [1.54, 1.807) is 16.8 Å². The quantitative estimate of drug-likeness (QED) is 0.561. The second-order valence-electron chi connectivity index (χ2n) is 7.99. The Morgan fingerprint density at radius 2 is 1.84 bits per heavy atom. The molecule has 0 saturated carbocycles. The molecule has 0 aliphatic carbocycles. The summed E-state index contributed by atoms with van der Waals surface area (Å²) in [6.45, 7) is 8.02. The SMILES string of the molecule is Cc1cc(C)n(-c2ccc(C(=O)N[C@@H](CC(C)C)C(=O)OCc3ccccc3)cn2)n1.